The van der Waals surface area contributed by atoms with Gasteiger partial charge in [-0.3, -0.25) is 0 Å². The van der Waals surface area contributed by atoms with E-state index < -0.39 is 0 Å². The Morgan fingerprint density at radius 2 is 1.37 bits per heavy atom. The molecule has 1 aliphatic carbocycles. The van der Waals surface area contributed by atoms with Crippen molar-refractivity contribution in [3.8, 4) is 0 Å². The molecule has 106 valence electrons. The zero-order valence-electron chi connectivity index (χ0n) is 12.8. The van der Waals surface area contributed by atoms with Crippen molar-refractivity contribution in [1.29, 1.82) is 0 Å². The fourth-order valence-electron chi connectivity index (χ4n) is 4.41. The normalized spacial score (nSPS) is 44.2. The third-order valence-electron chi connectivity index (χ3n) is 5.45. The lowest BCUT2D eigenvalue weighted by Gasteiger charge is -2.34. The van der Waals surface area contributed by atoms with Gasteiger partial charge in [0.25, 0.3) is 0 Å². The smallest absolute Gasteiger partial charge is 0.0233 e. The Morgan fingerprint density at radius 1 is 0.842 bits per heavy atom. The average molecular weight is 294 g/mol. The summed E-state index contributed by atoms with van der Waals surface area (Å²) in [5, 5.41) is 1.89. The quantitative estimate of drug-likeness (QED) is 0.555. The lowest BCUT2D eigenvalue weighted by molar-refractivity contribution is 0.777. The van der Waals surface area contributed by atoms with Crippen LogP contribution in [0.15, 0.2) is 23.5 Å². The average Bonchev–Trinajstić information content (AvgIpc) is 3.02. The largest absolute Gasteiger partial charge is 0.0892 e. The molecule has 0 bridgehead atoms. The number of hydrogen-bond donors (Lipinski definition) is 0. The van der Waals surface area contributed by atoms with Gasteiger partial charge in [-0.2, -0.15) is 0 Å². The van der Waals surface area contributed by atoms with Crippen LogP contribution < -0.4 is 0 Å². The molecule has 2 heterocycles. The van der Waals surface area contributed by atoms with Crippen molar-refractivity contribution in [2.24, 2.45) is 0 Å². The minimum atomic E-state index is 0.153. The van der Waals surface area contributed by atoms with Gasteiger partial charge in [0.05, 0.1) is 0 Å². The molecule has 2 aliphatic heterocycles. The van der Waals surface area contributed by atoms with Crippen LogP contribution in [0.1, 0.15) is 53.4 Å². The number of hydrogen-bond acceptors (Lipinski definition) is 0. The number of allylic oxidation sites excluding steroid dienone is 4. The van der Waals surface area contributed by atoms with Gasteiger partial charge in [-0.05, 0) is 53.6 Å². The van der Waals surface area contributed by atoms with Crippen LogP contribution in [0.2, 0.25) is 0 Å². The molecule has 19 heavy (non-hydrogen) atoms. The minimum Gasteiger partial charge on any atom is -0.0892 e. The maximum Gasteiger partial charge on any atom is 0.0233 e. The summed E-state index contributed by atoms with van der Waals surface area (Å²) in [7, 11) is 0.352. The summed E-state index contributed by atoms with van der Waals surface area (Å²) in [6.45, 7) is 10.1. The van der Waals surface area contributed by atoms with Crippen molar-refractivity contribution in [3.05, 3.63) is 23.5 Å². The van der Waals surface area contributed by atoms with E-state index >= 15 is 0 Å². The molecule has 0 saturated carbocycles. The molecule has 0 aromatic carbocycles. The zero-order chi connectivity index (χ0) is 13.6. The fraction of sp³-hybridized carbons (Fsp3) is 0.765. The van der Waals surface area contributed by atoms with Crippen molar-refractivity contribution < 1.29 is 0 Å². The highest BCUT2D eigenvalue weighted by molar-refractivity contribution is 7.67. The van der Waals surface area contributed by atoms with Crippen LogP contribution in [0.4, 0.5) is 0 Å². The molecule has 0 aromatic rings. The molecule has 2 saturated heterocycles. The third kappa shape index (κ3) is 2.49. The highest BCUT2D eigenvalue weighted by Gasteiger charge is 2.42. The molecule has 2 heteroatoms. The fourth-order valence-corrected chi connectivity index (χ4v) is 12.2. The Morgan fingerprint density at radius 3 is 1.95 bits per heavy atom. The van der Waals surface area contributed by atoms with Crippen molar-refractivity contribution in [1.82, 2.24) is 0 Å². The monoisotopic (exact) mass is 294 g/mol. The van der Waals surface area contributed by atoms with Crippen molar-refractivity contribution in [3.63, 3.8) is 0 Å². The van der Waals surface area contributed by atoms with Gasteiger partial charge in [0.1, 0.15) is 0 Å². The van der Waals surface area contributed by atoms with E-state index in [4.69, 9.17) is 0 Å². The van der Waals surface area contributed by atoms with Crippen LogP contribution in [0.25, 0.3) is 0 Å². The third-order valence-corrected chi connectivity index (χ3v) is 12.7. The van der Waals surface area contributed by atoms with E-state index in [1.54, 1.807) is 0 Å². The molecule has 0 unspecified atom stereocenters. The van der Waals surface area contributed by atoms with Gasteiger partial charge in [0.2, 0.25) is 0 Å². The van der Waals surface area contributed by atoms with Gasteiger partial charge in [0.15, 0.2) is 0 Å². The summed E-state index contributed by atoms with van der Waals surface area (Å²) in [4.78, 5) is 0. The van der Waals surface area contributed by atoms with Gasteiger partial charge in [0, 0.05) is 5.66 Å². The summed E-state index contributed by atoms with van der Waals surface area (Å²) < 4.78 is 0. The molecule has 3 aliphatic rings. The second kappa shape index (κ2) is 5.61. The molecular weight excluding hydrogens is 266 g/mol. The van der Waals surface area contributed by atoms with Crippen molar-refractivity contribution in [2.45, 2.75) is 81.7 Å². The highest BCUT2D eigenvalue weighted by Crippen LogP contribution is 2.70. The second-order valence-electron chi connectivity index (χ2n) is 6.83. The van der Waals surface area contributed by atoms with E-state index in [9.17, 15) is 0 Å². The summed E-state index contributed by atoms with van der Waals surface area (Å²) in [5.41, 5.74) is 4.79. The van der Waals surface area contributed by atoms with Crippen LogP contribution in [0, 0.1) is 0 Å². The van der Waals surface area contributed by atoms with Crippen LogP contribution in [0.3, 0.4) is 0 Å². The maximum absolute atomic E-state index is 2.57. The Balaban J connectivity index is 1.83. The molecule has 5 atom stereocenters. The second-order valence-corrected chi connectivity index (χ2v) is 13.1. The van der Waals surface area contributed by atoms with Crippen LogP contribution in [0.5, 0.6) is 0 Å². The lowest BCUT2D eigenvalue weighted by Crippen LogP contribution is -2.14. The molecule has 2 fully saturated rings. The van der Waals surface area contributed by atoms with Crippen LogP contribution >= 0.6 is 15.8 Å². The summed E-state index contributed by atoms with van der Waals surface area (Å²) in [5.74, 6) is 0. The summed E-state index contributed by atoms with van der Waals surface area (Å²) in [6, 6.07) is 0. The van der Waals surface area contributed by atoms with Crippen molar-refractivity contribution >= 4 is 15.8 Å². The zero-order valence-corrected chi connectivity index (χ0v) is 14.6. The standard InChI is InChI=1S/C17H28P2/c1-12-8-9-13(2)18(12)16-6-5-7-17(16)19-14(3)10-11-15(19)4/h5-7,12-16H,8-11H2,1-4H3/t12-,13-,14-,15-,16+/m0/s1. The van der Waals surface area contributed by atoms with E-state index in [0.29, 0.717) is 0 Å². The summed E-state index contributed by atoms with van der Waals surface area (Å²) >= 11 is 0. The maximum atomic E-state index is 2.57. The number of rotatable bonds is 2. The van der Waals surface area contributed by atoms with Gasteiger partial charge in [-0.1, -0.05) is 61.8 Å². The van der Waals surface area contributed by atoms with Crippen LogP contribution in [-0.4, -0.2) is 28.3 Å². The molecule has 0 radical (unpaired) electrons. The van der Waals surface area contributed by atoms with Gasteiger partial charge < -0.3 is 0 Å². The predicted octanol–water partition coefficient (Wildman–Crippen LogP) is 5.91. The first-order valence-corrected chi connectivity index (χ1v) is 11.1. The molecular formula is C17H28P2. The van der Waals surface area contributed by atoms with E-state index in [1.807, 2.05) is 5.31 Å². The van der Waals surface area contributed by atoms with Gasteiger partial charge >= 0.3 is 0 Å². The van der Waals surface area contributed by atoms with Gasteiger partial charge in [-0.25, -0.2) is 0 Å². The molecule has 0 spiro atoms. The first-order chi connectivity index (χ1) is 9.09. The Labute approximate surface area is 121 Å². The topological polar surface area (TPSA) is 0 Å². The Bertz CT molecular complexity index is 378. The molecule has 0 N–H and O–H groups in total. The summed E-state index contributed by atoms with van der Waals surface area (Å²) in [6.07, 6.45) is 13.4. The van der Waals surface area contributed by atoms with Crippen LogP contribution in [-0.2, 0) is 0 Å². The van der Waals surface area contributed by atoms with Crippen molar-refractivity contribution in [2.75, 3.05) is 0 Å². The van der Waals surface area contributed by atoms with E-state index in [0.717, 1.165) is 28.3 Å². The molecule has 0 aromatic heterocycles. The SMILES string of the molecule is C[C@H]1CC[C@H](C)P1C1=CC=C[C@H]1P1[C@@H](C)CC[C@@H]1C. The van der Waals surface area contributed by atoms with E-state index in [1.165, 1.54) is 25.7 Å². The molecule has 0 nitrogen and oxygen atoms in total. The van der Waals surface area contributed by atoms with E-state index in [2.05, 4.69) is 45.9 Å². The Kier molecular flexibility index (Phi) is 4.22. The molecule has 3 rings (SSSR count). The van der Waals surface area contributed by atoms with Gasteiger partial charge in [-0.15, -0.1) is 0 Å². The Hall–Kier alpha value is 0.340. The molecule has 0 amide bonds. The first-order valence-electron chi connectivity index (χ1n) is 8.03. The highest BCUT2D eigenvalue weighted by atomic mass is 31.1. The first kappa shape index (κ1) is 14.3. The lowest BCUT2D eigenvalue weighted by atomic mass is 10.2. The van der Waals surface area contributed by atoms with E-state index in [-0.39, 0.29) is 15.8 Å². The minimum absolute atomic E-state index is 0.153. The predicted molar refractivity (Wildman–Crippen MR) is 91.2 cm³/mol.